The van der Waals surface area contributed by atoms with Gasteiger partial charge in [-0.1, -0.05) is 17.7 Å². The Morgan fingerprint density at radius 1 is 1.14 bits per heavy atom. The molecule has 0 saturated heterocycles. The first kappa shape index (κ1) is 23.8. The van der Waals surface area contributed by atoms with Gasteiger partial charge in [0.25, 0.3) is 11.8 Å². The van der Waals surface area contributed by atoms with Crippen LogP contribution in [0, 0.1) is 0 Å². The lowest BCUT2D eigenvalue weighted by Gasteiger charge is -2.20. The molecule has 5 rings (SSSR count). The minimum atomic E-state index is -1.12. The molecule has 1 aliphatic rings. The van der Waals surface area contributed by atoms with Gasteiger partial charge in [0.2, 0.25) is 0 Å². The predicted octanol–water partition coefficient (Wildman–Crippen LogP) is 4.52. The van der Waals surface area contributed by atoms with E-state index in [2.05, 4.69) is 27.1 Å². The summed E-state index contributed by atoms with van der Waals surface area (Å²) in [5.74, 6) is -0.863. The second-order valence-corrected chi connectivity index (χ2v) is 9.97. The largest absolute Gasteiger partial charge is 0.322 e. The standard InChI is InChI=1S/C26H20ClN5O3S/c1-28-26(34)23-20-10-4-15-3-5-16(30-25(33)19-11-12-29-14-22(19)27)13-21(15)24(20)32(31-23)17-6-8-18(9-7-17)36(2)35/h3,5-9,11-14H,1,4,10H2,2H3,(H,30,33). The van der Waals surface area contributed by atoms with Crippen molar-refractivity contribution in [1.29, 1.82) is 0 Å². The maximum Gasteiger partial charge on any atom is 0.297 e. The van der Waals surface area contributed by atoms with Gasteiger partial charge < -0.3 is 5.32 Å². The van der Waals surface area contributed by atoms with Crippen LogP contribution in [0.15, 0.2) is 70.8 Å². The van der Waals surface area contributed by atoms with E-state index in [9.17, 15) is 13.8 Å². The van der Waals surface area contributed by atoms with Gasteiger partial charge in [0.15, 0.2) is 5.69 Å². The van der Waals surface area contributed by atoms with Crippen molar-refractivity contribution in [2.45, 2.75) is 17.7 Å². The number of halogens is 1. The molecular weight excluding hydrogens is 498 g/mol. The summed E-state index contributed by atoms with van der Waals surface area (Å²) in [6.07, 6.45) is 5.84. The highest BCUT2D eigenvalue weighted by atomic mass is 35.5. The summed E-state index contributed by atoms with van der Waals surface area (Å²) in [6.45, 7) is 3.38. The Morgan fingerprint density at radius 3 is 2.61 bits per heavy atom. The first-order valence-corrected chi connectivity index (χ1v) is 12.9. The lowest BCUT2D eigenvalue weighted by molar-refractivity contribution is 0.0995. The van der Waals surface area contributed by atoms with Crippen molar-refractivity contribution in [1.82, 2.24) is 14.8 Å². The molecule has 10 heteroatoms. The Bertz CT molecular complexity index is 1560. The molecule has 1 aliphatic carbocycles. The van der Waals surface area contributed by atoms with Crippen molar-refractivity contribution in [3.63, 3.8) is 0 Å². The van der Waals surface area contributed by atoms with Crippen molar-refractivity contribution in [3.05, 3.63) is 88.3 Å². The third kappa shape index (κ3) is 4.27. The molecule has 2 aromatic carbocycles. The number of hydrogen-bond donors (Lipinski definition) is 1. The molecule has 180 valence electrons. The summed E-state index contributed by atoms with van der Waals surface area (Å²) >= 11 is 6.13. The Hall–Kier alpha value is -3.95. The van der Waals surface area contributed by atoms with Crippen LogP contribution in [-0.2, 0) is 23.6 Å². The molecule has 0 bridgehead atoms. The fraction of sp³-hybridized carbons (Fsp3) is 0.115. The van der Waals surface area contributed by atoms with E-state index in [0.29, 0.717) is 34.7 Å². The zero-order chi connectivity index (χ0) is 25.4. The fourth-order valence-electron chi connectivity index (χ4n) is 4.29. The number of nitrogens with zero attached hydrogens (tertiary/aromatic N) is 4. The highest BCUT2D eigenvalue weighted by molar-refractivity contribution is 7.84. The van der Waals surface area contributed by atoms with E-state index < -0.39 is 16.7 Å². The molecule has 0 saturated carbocycles. The Kier molecular flexibility index (Phi) is 6.34. The van der Waals surface area contributed by atoms with E-state index in [1.807, 2.05) is 30.3 Å². The van der Waals surface area contributed by atoms with E-state index in [1.165, 1.54) is 12.4 Å². The number of anilines is 1. The van der Waals surface area contributed by atoms with E-state index in [4.69, 9.17) is 11.6 Å². The maximum absolute atomic E-state index is 12.8. The van der Waals surface area contributed by atoms with Gasteiger partial charge in [-0.05, 0) is 67.6 Å². The van der Waals surface area contributed by atoms with Crippen LogP contribution in [0.5, 0.6) is 0 Å². The normalized spacial score (nSPS) is 12.8. The molecule has 0 spiro atoms. The van der Waals surface area contributed by atoms with Crippen LogP contribution < -0.4 is 5.32 Å². The number of carbonyl (C=O) groups excluding carboxylic acids is 2. The van der Waals surface area contributed by atoms with Crippen molar-refractivity contribution in [2.24, 2.45) is 4.99 Å². The van der Waals surface area contributed by atoms with Gasteiger partial charge >= 0.3 is 0 Å². The van der Waals surface area contributed by atoms with Gasteiger partial charge in [-0.15, -0.1) is 0 Å². The van der Waals surface area contributed by atoms with Crippen molar-refractivity contribution < 1.29 is 13.8 Å². The highest BCUT2D eigenvalue weighted by Crippen LogP contribution is 2.39. The minimum Gasteiger partial charge on any atom is -0.322 e. The molecule has 0 aliphatic heterocycles. The zero-order valence-corrected chi connectivity index (χ0v) is 20.8. The number of aryl methyl sites for hydroxylation is 1. The first-order valence-electron chi connectivity index (χ1n) is 11.0. The average molecular weight is 518 g/mol. The van der Waals surface area contributed by atoms with Gasteiger partial charge in [0, 0.05) is 51.2 Å². The van der Waals surface area contributed by atoms with Crippen LogP contribution in [0.25, 0.3) is 16.9 Å². The van der Waals surface area contributed by atoms with Crippen molar-refractivity contribution >= 4 is 46.6 Å². The summed E-state index contributed by atoms with van der Waals surface area (Å²) in [5, 5.41) is 7.75. The number of amides is 2. The fourth-order valence-corrected chi connectivity index (χ4v) is 5.01. The summed E-state index contributed by atoms with van der Waals surface area (Å²) in [5.41, 5.74) is 5.23. The molecule has 2 heterocycles. The minimum absolute atomic E-state index is 0.242. The topological polar surface area (TPSA) is 106 Å². The zero-order valence-electron chi connectivity index (χ0n) is 19.2. The molecule has 1 N–H and O–H groups in total. The number of rotatable bonds is 5. The summed E-state index contributed by atoms with van der Waals surface area (Å²) in [6, 6.07) is 14.4. The van der Waals surface area contributed by atoms with Gasteiger partial charge in [0.1, 0.15) is 0 Å². The van der Waals surface area contributed by atoms with Crippen molar-refractivity contribution in [2.75, 3.05) is 11.6 Å². The maximum atomic E-state index is 12.8. The molecule has 0 radical (unpaired) electrons. The van der Waals surface area contributed by atoms with Crippen LogP contribution >= 0.6 is 11.6 Å². The van der Waals surface area contributed by atoms with Crippen LogP contribution in [-0.4, -0.2) is 43.8 Å². The van der Waals surface area contributed by atoms with Crippen molar-refractivity contribution in [3.8, 4) is 16.9 Å². The van der Waals surface area contributed by atoms with Gasteiger partial charge in [-0.2, -0.15) is 5.10 Å². The smallest absolute Gasteiger partial charge is 0.297 e. The Morgan fingerprint density at radius 2 is 1.92 bits per heavy atom. The number of hydrogen-bond acceptors (Lipinski definition) is 5. The van der Waals surface area contributed by atoms with E-state index >= 15 is 0 Å². The number of fused-ring (bicyclic) bond motifs is 3. The Labute approximate surface area is 214 Å². The summed E-state index contributed by atoms with van der Waals surface area (Å²) in [4.78, 5) is 33.6. The van der Waals surface area contributed by atoms with E-state index in [0.717, 1.165) is 22.4 Å². The number of benzene rings is 2. The lowest BCUT2D eigenvalue weighted by atomic mass is 9.88. The average Bonchev–Trinajstić information content (AvgIpc) is 3.28. The number of carbonyl (C=O) groups is 2. The molecule has 8 nitrogen and oxygen atoms in total. The number of nitrogens with one attached hydrogen (secondary N) is 1. The molecule has 2 amide bonds. The summed E-state index contributed by atoms with van der Waals surface area (Å²) < 4.78 is 13.5. The predicted molar refractivity (Wildman–Crippen MR) is 140 cm³/mol. The highest BCUT2D eigenvalue weighted by Gasteiger charge is 2.29. The monoisotopic (exact) mass is 517 g/mol. The lowest BCUT2D eigenvalue weighted by Crippen LogP contribution is -2.14. The van der Waals surface area contributed by atoms with Gasteiger partial charge in [0.05, 0.1) is 22.0 Å². The summed E-state index contributed by atoms with van der Waals surface area (Å²) in [7, 11) is -1.12. The molecule has 36 heavy (non-hydrogen) atoms. The number of aromatic nitrogens is 3. The second kappa shape index (κ2) is 9.60. The third-order valence-corrected chi connectivity index (χ3v) is 7.26. The molecule has 4 aromatic rings. The van der Waals surface area contributed by atoms with Crippen LogP contribution in [0.4, 0.5) is 5.69 Å². The quantitative estimate of drug-likeness (QED) is 0.392. The third-order valence-electron chi connectivity index (χ3n) is 6.03. The first-order chi connectivity index (χ1) is 17.4. The van der Waals surface area contributed by atoms with Crippen LogP contribution in [0.2, 0.25) is 5.02 Å². The molecule has 1 unspecified atom stereocenters. The van der Waals surface area contributed by atoms with Gasteiger partial charge in [-0.25, -0.2) is 9.67 Å². The Balaban J connectivity index is 1.62. The molecular formula is C26H20ClN5O3S. The molecule has 2 aromatic heterocycles. The van der Waals surface area contributed by atoms with Crippen LogP contribution in [0.3, 0.4) is 0 Å². The van der Waals surface area contributed by atoms with E-state index in [-0.39, 0.29) is 16.6 Å². The van der Waals surface area contributed by atoms with Crippen LogP contribution in [0.1, 0.15) is 32.0 Å². The second-order valence-electron chi connectivity index (χ2n) is 8.18. The molecule has 1 atom stereocenters. The number of pyridine rings is 1. The van der Waals surface area contributed by atoms with Gasteiger partial charge in [-0.3, -0.25) is 18.8 Å². The number of aliphatic imine (C=N–C) groups is 1. The van der Waals surface area contributed by atoms with E-state index in [1.54, 1.807) is 29.1 Å². The SMILES string of the molecule is C=NC(=O)c1nn(-c2ccc(S(C)=O)cc2)c2c1CCc1ccc(NC(=O)c3ccncc3Cl)cc1-2. The molecule has 0 fully saturated rings.